The van der Waals surface area contributed by atoms with Crippen LogP contribution in [-0.2, 0) is 6.42 Å². The zero-order valence-corrected chi connectivity index (χ0v) is 11.9. The van der Waals surface area contributed by atoms with E-state index < -0.39 is 23.0 Å². The van der Waals surface area contributed by atoms with Crippen LogP contribution in [0.2, 0.25) is 5.02 Å². The van der Waals surface area contributed by atoms with Gasteiger partial charge in [0.2, 0.25) is 0 Å². The maximum absolute atomic E-state index is 13.8. The molecule has 2 rings (SSSR count). The molecule has 0 amide bonds. The van der Waals surface area contributed by atoms with Gasteiger partial charge in [-0.05, 0) is 39.7 Å². The van der Waals surface area contributed by atoms with Crippen molar-refractivity contribution in [3.8, 4) is 0 Å². The summed E-state index contributed by atoms with van der Waals surface area (Å²) in [6.45, 7) is 0. The molecule has 1 nitrogen and oxygen atoms in total. The van der Waals surface area contributed by atoms with E-state index in [0.29, 0.717) is 10.6 Å². The summed E-state index contributed by atoms with van der Waals surface area (Å²) in [7, 11) is 0. The second-order valence-corrected chi connectivity index (χ2v) is 5.17. The minimum Gasteiger partial charge on any atom is -0.294 e. The molecule has 0 saturated carbocycles. The van der Waals surface area contributed by atoms with Crippen molar-refractivity contribution in [1.82, 2.24) is 0 Å². The molecule has 19 heavy (non-hydrogen) atoms. The van der Waals surface area contributed by atoms with Crippen LogP contribution in [0, 0.1) is 11.6 Å². The Bertz CT molecular complexity index is 643. The fraction of sp³-hybridized carbons (Fsp3) is 0.0714. The van der Waals surface area contributed by atoms with E-state index in [0.717, 1.165) is 6.07 Å². The summed E-state index contributed by atoms with van der Waals surface area (Å²) in [5.74, 6) is -2.42. The lowest BCUT2D eigenvalue weighted by atomic mass is 10.0. The Morgan fingerprint density at radius 2 is 1.84 bits per heavy atom. The van der Waals surface area contributed by atoms with Gasteiger partial charge >= 0.3 is 0 Å². The maximum Gasteiger partial charge on any atom is 0.173 e. The first-order valence-corrected chi connectivity index (χ1v) is 6.58. The van der Waals surface area contributed by atoms with Crippen LogP contribution in [0.1, 0.15) is 15.9 Å². The Labute approximate surface area is 122 Å². The Balaban J connectivity index is 2.36. The predicted molar refractivity (Wildman–Crippen MR) is 73.5 cm³/mol. The van der Waals surface area contributed by atoms with Gasteiger partial charge in [0.15, 0.2) is 11.6 Å². The second-order valence-electron chi connectivity index (χ2n) is 3.91. The molecule has 2 aromatic carbocycles. The van der Waals surface area contributed by atoms with Crippen LogP contribution in [0.15, 0.2) is 40.9 Å². The molecule has 0 heterocycles. The summed E-state index contributed by atoms with van der Waals surface area (Å²) in [6.07, 6.45) is -0.149. The minimum atomic E-state index is -0.892. The van der Waals surface area contributed by atoms with E-state index in [1.165, 1.54) is 6.07 Å². The number of ketones is 1. The lowest BCUT2D eigenvalue weighted by Gasteiger charge is -2.07. The third kappa shape index (κ3) is 3.01. The Morgan fingerprint density at radius 3 is 2.53 bits per heavy atom. The average molecular weight is 346 g/mol. The van der Waals surface area contributed by atoms with Crippen LogP contribution in [-0.4, -0.2) is 5.78 Å². The summed E-state index contributed by atoms with van der Waals surface area (Å²) in [4.78, 5) is 12.0. The number of rotatable bonds is 3. The highest BCUT2D eigenvalue weighted by atomic mass is 79.9. The quantitative estimate of drug-likeness (QED) is 0.576. The molecule has 0 radical (unpaired) electrons. The van der Waals surface area contributed by atoms with Crippen molar-refractivity contribution < 1.29 is 13.6 Å². The second kappa shape index (κ2) is 5.80. The molecule has 0 aliphatic heterocycles. The van der Waals surface area contributed by atoms with Crippen molar-refractivity contribution in [2.75, 3.05) is 0 Å². The van der Waals surface area contributed by atoms with Gasteiger partial charge in [-0.1, -0.05) is 29.8 Å². The molecule has 0 aromatic heterocycles. The average Bonchev–Trinajstić information content (AvgIpc) is 2.37. The first-order chi connectivity index (χ1) is 9.00. The van der Waals surface area contributed by atoms with Gasteiger partial charge in [0, 0.05) is 11.4 Å². The smallest absolute Gasteiger partial charge is 0.173 e. The third-order valence-corrected chi connectivity index (χ3v) is 3.61. The first-order valence-electron chi connectivity index (χ1n) is 5.41. The number of benzene rings is 2. The van der Waals surface area contributed by atoms with Gasteiger partial charge in [-0.25, -0.2) is 8.78 Å². The summed E-state index contributed by atoms with van der Waals surface area (Å²) < 4.78 is 27.4. The molecule has 98 valence electrons. The monoisotopic (exact) mass is 344 g/mol. The fourth-order valence-electron chi connectivity index (χ4n) is 1.69. The minimum absolute atomic E-state index is 0.0522. The van der Waals surface area contributed by atoms with E-state index in [9.17, 15) is 13.6 Å². The van der Waals surface area contributed by atoms with Crippen molar-refractivity contribution in [3.63, 3.8) is 0 Å². The first kappa shape index (κ1) is 14.2. The van der Waals surface area contributed by atoms with Crippen molar-refractivity contribution >= 4 is 33.3 Å². The normalized spacial score (nSPS) is 10.5. The molecular weight excluding hydrogens is 338 g/mol. The molecule has 0 aliphatic rings. The molecule has 0 fully saturated rings. The molecule has 0 atom stereocenters. The number of halogens is 4. The Kier molecular flexibility index (Phi) is 4.32. The Hall–Kier alpha value is -1.26. The molecular formula is C14H8BrClF2O. The van der Waals surface area contributed by atoms with Gasteiger partial charge in [-0.2, -0.15) is 0 Å². The molecule has 0 unspecified atom stereocenters. The van der Waals surface area contributed by atoms with Crippen molar-refractivity contribution in [1.29, 1.82) is 0 Å². The van der Waals surface area contributed by atoms with E-state index >= 15 is 0 Å². The largest absolute Gasteiger partial charge is 0.294 e. The van der Waals surface area contributed by atoms with Gasteiger partial charge in [0.25, 0.3) is 0 Å². The van der Waals surface area contributed by atoms with Crippen LogP contribution >= 0.6 is 27.5 Å². The van der Waals surface area contributed by atoms with Crippen LogP contribution in [0.5, 0.6) is 0 Å². The van der Waals surface area contributed by atoms with E-state index in [1.807, 2.05) is 0 Å². The lowest BCUT2D eigenvalue weighted by molar-refractivity contribution is 0.0984. The Morgan fingerprint density at radius 1 is 1.16 bits per heavy atom. The SMILES string of the molecule is O=C(Cc1ccccc1Cl)c1c(F)ccc(Br)c1F. The molecule has 0 saturated heterocycles. The molecule has 0 bridgehead atoms. The zero-order valence-electron chi connectivity index (χ0n) is 9.59. The van der Waals surface area contributed by atoms with Gasteiger partial charge in [-0.15, -0.1) is 0 Å². The summed E-state index contributed by atoms with van der Waals surface area (Å²) in [5.41, 5.74) is -0.0118. The van der Waals surface area contributed by atoms with Crippen LogP contribution in [0.4, 0.5) is 8.78 Å². The zero-order chi connectivity index (χ0) is 14.0. The summed E-state index contributed by atoms with van der Waals surface area (Å²) >= 11 is 8.85. The molecule has 2 aromatic rings. The van der Waals surface area contributed by atoms with E-state index in [4.69, 9.17) is 11.6 Å². The fourth-order valence-corrected chi connectivity index (χ4v) is 2.22. The topological polar surface area (TPSA) is 17.1 Å². The molecule has 0 aliphatic carbocycles. The van der Waals surface area contributed by atoms with Crippen LogP contribution in [0.3, 0.4) is 0 Å². The predicted octanol–water partition coefficient (Wildman–Crippen LogP) is 4.81. The number of hydrogen-bond acceptors (Lipinski definition) is 1. The maximum atomic E-state index is 13.8. The molecule has 5 heteroatoms. The van der Waals surface area contributed by atoms with Gasteiger partial charge < -0.3 is 0 Å². The van der Waals surface area contributed by atoms with Crippen molar-refractivity contribution in [3.05, 3.63) is 68.7 Å². The van der Waals surface area contributed by atoms with Gasteiger partial charge in [-0.3, -0.25) is 4.79 Å². The van der Waals surface area contributed by atoms with Crippen LogP contribution < -0.4 is 0 Å². The third-order valence-electron chi connectivity index (χ3n) is 2.63. The highest BCUT2D eigenvalue weighted by Gasteiger charge is 2.20. The highest BCUT2D eigenvalue weighted by molar-refractivity contribution is 9.10. The number of carbonyl (C=O) groups is 1. The summed E-state index contributed by atoms with van der Waals surface area (Å²) in [5, 5.41) is 0.395. The van der Waals surface area contributed by atoms with Crippen LogP contribution in [0.25, 0.3) is 0 Å². The highest BCUT2D eigenvalue weighted by Crippen LogP contribution is 2.24. The molecule has 0 spiro atoms. The van der Waals surface area contributed by atoms with Gasteiger partial charge in [0.05, 0.1) is 10.0 Å². The molecule has 0 N–H and O–H groups in total. The van der Waals surface area contributed by atoms with E-state index in [-0.39, 0.29) is 10.9 Å². The number of carbonyl (C=O) groups excluding carboxylic acids is 1. The van der Waals surface area contributed by atoms with E-state index in [1.54, 1.807) is 24.3 Å². The van der Waals surface area contributed by atoms with Gasteiger partial charge in [0.1, 0.15) is 5.82 Å². The van der Waals surface area contributed by atoms with Crippen molar-refractivity contribution in [2.24, 2.45) is 0 Å². The van der Waals surface area contributed by atoms with Crippen molar-refractivity contribution in [2.45, 2.75) is 6.42 Å². The number of hydrogen-bond donors (Lipinski definition) is 0. The number of Topliss-reactive ketones (excluding diaryl/α,β-unsaturated/α-hetero) is 1. The summed E-state index contributed by atoms with van der Waals surface area (Å²) in [6, 6.07) is 8.97. The standard InChI is InChI=1S/C14H8BrClF2O/c15-9-5-6-11(17)13(14(9)18)12(19)7-8-3-1-2-4-10(8)16/h1-6H,7H2. The lowest BCUT2D eigenvalue weighted by Crippen LogP contribution is -2.10. The van der Waals surface area contributed by atoms with E-state index in [2.05, 4.69) is 15.9 Å².